The van der Waals surface area contributed by atoms with E-state index in [0.717, 1.165) is 48.3 Å². The Hall–Kier alpha value is -3.32. The number of aromatic nitrogens is 1. The van der Waals surface area contributed by atoms with Crippen LogP contribution in [0.4, 0.5) is 17.1 Å². The van der Waals surface area contributed by atoms with Crippen LogP contribution in [0.3, 0.4) is 0 Å². The number of nitro benzene ring substituents is 1. The largest absolute Gasteiger partial charge is 0.322 e. The zero-order valence-electron chi connectivity index (χ0n) is 16.4. The van der Waals surface area contributed by atoms with Gasteiger partial charge in [-0.1, -0.05) is 11.6 Å². The molecule has 0 radical (unpaired) electrons. The number of nitro groups is 1. The summed E-state index contributed by atoms with van der Waals surface area (Å²) in [6, 6.07) is 13.3. The summed E-state index contributed by atoms with van der Waals surface area (Å²) in [5, 5.41) is 14.5. The second-order valence-electron chi connectivity index (χ2n) is 7.30. The van der Waals surface area contributed by atoms with E-state index in [2.05, 4.69) is 10.7 Å². The molecule has 1 aliphatic carbocycles. The van der Waals surface area contributed by atoms with E-state index in [4.69, 9.17) is 11.6 Å². The summed E-state index contributed by atoms with van der Waals surface area (Å²) in [6.45, 7) is 1.91. The number of carbonyl (C=O) groups excluding carboxylic acids is 1. The summed E-state index contributed by atoms with van der Waals surface area (Å²) in [7, 11) is 0. The Morgan fingerprint density at radius 3 is 2.33 bits per heavy atom. The van der Waals surface area contributed by atoms with E-state index >= 15 is 0 Å². The Kier molecular flexibility index (Phi) is 5.46. The van der Waals surface area contributed by atoms with Crippen LogP contribution in [0.5, 0.6) is 0 Å². The second-order valence-corrected chi connectivity index (χ2v) is 7.74. The molecule has 0 atom stereocenters. The molecule has 30 heavy (non-hydrogen) atoms. The summed E-state index contributed by atoms with van der Waals surface area (Å²) in [5.74, 6) is -0.155. The lowest BCUT2D eigenvalue weighted by Gasteiger charge is -2.18. The topological polar surface area (TPSA) is 89.2 Å². The number of nitrogens with zero attached hydrogens (tertiary/aromatic N) is 2. The minimum absolute atomic E-state index is 0.0369. The van der Waals surface area contributed by atoms with Crippen molar-refractivity contribution in [3.8, 4) is 0 Å². The molecule has 0 saturated carbocycles. The van der Waals surface area contributed by atoms with Crippen molar-refractivity contribution in [1.82, 2.24) is 4.68 Å². The molecule has 0 unspecified atom stereocenters. The minimum atomic E-state index is -0.425. The van der Waals surface area contributed by atoms with Crippen LogP contribution in [-0.4, -0.2) is 15.5 Å². The molecule has 4 rings (SSSR count). The number of benzene rings is 2. The quantitative estimate of drug-likeness (QED) is 0.426. The average molecular weight is 425 g/mol. The van der Waals surface area contributed by atoms with Crippen LogP contribution >= 0.6 is 11.6 Å². The number of nitrogens with one attached hydrogen (secondary N) is 2. The Labute approximate surface area is 178 Å². The van der Waals surface area contributed by atoms with Gasteiger partial charge in [0.15, 0.2) is 0 Å². The van der Waals surface area contributed by atoms with Crippen molar-refractivity contribution >= 4 is 34.6 Å². The van der Waals surface area contributed by atoms with Crippen molar-refractivity contribution in [2.24, 2.45) is 0 Å². The Balaban J connectivity index is 1.66. The van der Waals surface area contributed by atoms with Crippen molar-refractivity contribution in [1.29, 1.82) is 0 Å². The standard InChI is InChI=1S/C22H21ClN4O3/c1-14-21(22(28)24-16-8-6-15(23)7-9-16)19-4-2-3-5-20(19)26(14)25-17-10-12-18(13-11-17)27(29)30/h6-13,25H,2-5H2,1H3,(H,24,28). The van der Waals surface area contributed by atoms with Crippen LogP contribution in [0.2, 0.25) is 5.02 Å². The van der Waals surface area contributed by atoms with E-state index in [0.29, 0.717) is 16.3 Å². The molecule has 0 spiro atoms. The maximum atomic E-state index is 13.1. The molecule has 2 N–H and O–H groups in total. The lowest BCUT2D eigenvalue weighted by atomic mass is 9.94. The first kappa shape index (κ1) is 20.0. The van der Waals surface area contributed by atoms with E-state index in [9.17, 15) is 14.9 Å². The number of amides is 1. The normalized spacial score (nSPS) is 12.9. The van der Waals surface area contributed by atoms with E-state index in [1.54, 1.807) is 36.4 Å². The number of fused-ring (bicyclic) bond motifs is 1. The van der Waals surface area contributed by atoms with E-state index in [1.165, 1.54) is 12.1 Å². The highest BCUT2D eigenvalue weighted by molar-refractivity contribution is 6.30. The fourth-order valence-corrected chi connectivity index (χ4v) is 4.03. The van der Waals surface area contributed by atoms with Crippen LogP contribution in [0.25, 0.3) is 0 Å². The van der Waals surface area contributed by atoms with Crippen molar-refractivity contribution in [3.63, 3.8) is 0 Å². The Bertz CT molecular complexity index is 1100. The van der Waals surface area contributed by atoms with Crippen LogP contribution in [0, 0.1) is 17.0 Å². The molecule has 1 heterocycles. The van der Waals surface area contributed by atoms with Gasteiger partial charge in [-0.2, -0.15) is 0 Å². The van der Waals surface area contributed by atoms with Crippen molar-refractivity contribution in [2.45, 2.75) is 32.6 Å². The smallest absolute Gasteiger partial charge is 0.269 e. The summed E-state index contributed by atoms with van der Waals surface area (Å²) in [5.41, 5.74) is 8.37. The first-order valence-corrected chi connectivity index (χ1v) is 10.1. The van der Waals surface area contributed by atoms with Gasteiger partial charge in [-0.3, -0.25) is 25.0 Å². The molecule has 2 aromatic carbocycles. The molecule has 3 aromatic rings. The molecule has 0 fully saturated rings. The number of hydrogen-bond donors (Lipinski definition) is 2. The van der Waals surface area contributed by atoms with Crippen LogP contribution in [0.1, 0.15) is 40.2 Å². The predicted octanol–water partition coefficient (Wildman–Crippen LogP) is 5.36. The van der Waals surface area contributed by atoms with Gasteiger partial charge in [0, 0.05) is 28.5 Å². The molecule has 1 aromatic heterocycles. The molecule has 154 valence electrons. The summed E-state index contributed by atoms with van der Waals surface area (Å²) in [6.07, 6.45) is 3.80. The monoisotopic (exact) mass is 424 g/mol. The average Bonchev–Trinajstić information content (AvgIpc) is 3.02. The summed E-state index contributed by atoms with van der Waals surface area (Å²) in [4.78, 5) is 23.6. The number of hydrogen-bond acceptors (Lipinski definition) is 4. The lowest BCUT2D eigenvalue weighted by molar-refractivity contribution is -0.384. The van der Waals surface area contributed by atoms with Crippen LogP contribution in [0.15, 0.2) is 48.5 Å². The number of non-ortho nitro benzene ring substituents is 1. The molecule has 1 aliphatic rings. The van der Waals surface area contributed by atoms with Gasteiger partial charge in [0.2, 0.25) is 0 Å². The molecule has 0 saturated heterocycles. The molecule has 0 aliphatic heterocycles. The highest BCUT2D eigenvalue weighted by Gasteiger charge is 2.27. The van der Waals surface area contributed by atoms with Crippen LogP contribution < -0.4 is 10.7 Å². The highest BCUT2D eigenvalue weighted by Crippen LogP contribution is 2.31. The second kappa shape index (κ2) is 8.20. The fraction of sp³-hybridized carbons (Fsp3) is 0.227. The molecule has 8 heteroatoms. The minimum Gasteiger partial charge on any atom is -0.322 e. The highest BCUT2D eigenvalue weighted by atomic mass is 35.5. The fourth-order valence-electron chi connectivity index (χ4n) is 3.90. The van der Waals surface area contributed by atoms with Gasteiger partial charge < -0.3 is 5.32 Å². The maximum Gasteiger partial charge on any atom is 0.269 e. The third-order valence-corrected chi connectivity index (χ3v) is 5.61. The first-order chi connectivity index (χ1) is 14.4. The Morgan fingerprint density at radius 1 is 1.03 bits per heavy atom. The molecule has 7 nitrogen and oxygen atoms in total. The van der Waals surface area contributed by atoms with Crippen molar-refractivity contribution < 1.29 is 9.72 Å². The van der Waals surface area contributed by atoms with Gasteiger partial charge in [0.1, 0.15) is 0 Å². The zero-order chi connectivity index (χ0) is 21.3. The van der Waals surface area contributed by atoms with Gasteiger partial charge in [-0.25, -0.2) is 0 Å². The molecule has 0 bridgehead atoms. The van der Waals surface area contributed by atoms with Gasteiger partial charge in [0.05, 0.1) is 21.9 Å². The van der Waals surface area contributed by atoms with E-state index < -0.39 is 4.92 Å². The lowest BCUT2D eigenvalue weighted by Crippen LogP contribution is -2.16. The summed E-state index contributed by atoms with van der Waals surface area (Å²) < 4.78 is 1.94. The SMILES string of the molecule is Cc1c(C(=O)Nc2ccc(Cl)cc2)c2c(n1Nc1ccc([N+](=O)[O-])cc1)CCCC2. The number of carbonyl (C=O) groups is 1. The number of halogens is 1. The van der Waals surface area contributed by atoms with Gasteiger partial charge >= 0.3 is 0 Å². The van der Waals surface area contributed by atoms with E-state index in [1.807, 2.05) is 11.6 Å². The van der Waals surface area contributed by atoms with Crippen molar-refractivity contribution in [3.05, 3.63) is 86.2 Å². The molecular weight excluding hydrogens is 404 g/mol. The maximum absolute atomic E-state index is 13.1. The zero-order valence-corrected chi connectivity index (χ0v) is 17.2. The van der Waals surface area contributed by atoms with E-state index in [-0.39, 0.29) is 11.6 Å². The van der Waals surface area contributed by atoms with Gasteiger partial charge in [-0.15, -0.1) is 0 Å². The number of anilines is 2. The first-order valence-electron chi connectivity index (χ1n) is 9.75. The summed E-state index contributed by atoms with van der Waals surface area (Å²) >= 11 is 5.93. The molecule has 1 amide bonds. The van der Waals surface area contributed by atoms with Crippen LogP contribution in [-0.2, 0) is 12.8 Å². The third kappa shape index (κ3) is 3.89. The molecular formula is C22H21ClN4O3. The third-order valence-electron chi connectivity index (χ3n) is 5.36. The predicted molar refractivity (Wildman–Crippen MR) is 117 cm³/mol. The van der Waals surface area contributed by atoms with Crippen molar-refractivity contribution in [2.75, 3.05) is 10.7 Å². The number of rotatable bonds is 5. The Morgan fingerprint density at radius 2 is 1.67 bits per heavy atom. The van der Waals surface area contributed by atoms with Gasteiger partial charge in [-0.05, 0) is 74.6 Å². The van der Waals surface area contributed by atoms with Gasteiger partial charge in [0.25, 0.3) is 11.6 Å².